The van der Waals surface area contributed by atoms with Crippen LogP contribution in [0.2, 0.25) is 0 Å². The summed E-state index contributed by atoms with van der Waals surface area (Å²) in [6, 6.07) is 14.0. The van der Waals surface area contributed by atoms with E-state index in [0.29, 0.717) is 6.42 Å². The molecule has 0 bridgehead atoms. The molecule has 2 N–H and O–H groups in total. The molecule has 0 aliphatic carbocycles. The van der Waals surface area contributed by atoms with Crippen LogP contribution < -0.4 is 4.72 Å². The molecule has 0 aliphatic rings. The zero-order chi connectivity index (χ0) is 16.2. The Bertz CT molecular complexity index is 727. The van der Waals surface area contributed by atoms with Crippen molar-refractivity contribution in [2.45, 2.75) is 31.2 Å². The first-order valence-corrected chi connectivity index (χ1v) is 8.65. The van der Waals surface area contributed by atoms with E-state index in [2.05, 4.69) is 4.72 Å². The maximum atomic E-state index is 12.4. The summed E-state index contributed by atoms with van der Waals surface area (Å²) in [7, 11) is -3.64. The lowest BCUT2D eigenvalue weighted by Crippen LogP contribution is -2.39. The predicted octanol–water partition coefficient (Wildman–Crippen LogP) is 2.19. The number of aryl methyl sites for hydroxylation is 2. The summed E-state index contributed by atoms with van der Waals surface area (Å²) >= 11 is 0. The average Bonchev–Trinajstić information content (AvgIpc) is 2.50. The summed E-state index contributed by atoms with van der Waals surface area (Å²) in [5, 5.41) is 9.47. The molecule has 118 valence electrons. The van der Waals surface area contributed by atoms with Crippen LogP contribution in [0.1, 0.15) is 16.7 Å². The zero-order valence-electron chi connectivity index (χ0n) is 12.8. The average molecular weight is 319 g/mol. The largest absolute Gasteiger partial charge is 0.395 e. The van der Waals surface area contributed by atoms with Gasteiger partial charge in [0.2, 0.25) is 10.0 Å². The second-order valence-electron chi connectivity index (χ2n) is 5.44. The van der Waals surface area contributed by atoms with Crippen LogP contribution in [0, 0.1) is 13.8 Å². The van der Waals surface area contributed by atoms with Crippen molar-refractivity contribution >= 4 is 10.0 Å². The summed E-state index contributed by atoms with van der Waals surface area (Å²) in [6.07, 6.45) is 0.446. The molecule has 0 fully saturated rings. The van der Waals surface area contributed by atoms with Crippen LogP contribution in [0.3, 0.4) is 0 Å². The summed E-state index contributed by atoms with van der Waals surface area (Å²) in [6.45, 7) is 3.56. The zero-order valence-corrected chi connectivity index (χ0v) is 13.6. The van der Waals surface area contributed by atoms with Gasteiger partial charge in [0.1, 0.15) is 0 Å². The third-order valence-corrected chi connectivity index (χ3v) is 5.17. The highest BCUT2D eigenvalue weighted by atomic mass is 32.2. The Hall–Kier alpha value is -1.69. The van der Waals surface area contributed by atoms with E-state index in [9.17, 15) is 13.5 Å². The van der Waals surface area contributed by atoms with Gasteiger partial charge in [0.25, 0.3) is 0 Å². The van der Waals surface area contributed by atoms with Crippen molar-refractivity contribution < 1.29 is 13.5 Å². The monoisotopic (exact) mass is 319 g/mol. The molecule has 2 rings (SSSR count). The first-order valence-electron chi connectivity index (χ1n) is 7.17. The van der Waals surface area contributed by atoms with E-state index < -0.39 is 16.1 Å². The topological polar surface area (TPSA) is 66.4 Å². The van der Waals surface area contributed by atoms with Crippen LogP contribution in [-0.4, -0.2) is 26.2 Å². The lowest BCUT2D eigenvalue weighted by Gasteiger charge is -2.17. The Kier molecular flexibility index (Phi) is 5.34. The van der Waals surface area contributed by atoms with Gasteiger partial charge < -0.3 is 5.11 Å². The number of nitrogens with one attached hydrogen (secondary N) is 1. The van der Waals surface area contributed by atoms with Crippen LogP contribution in [0.5, 0.6) is 0 Å². The van der Waals surface area contributed by atoms with Crippen LogP contribution in [0.4, 0.5) is 0 Å². The SMILES string of the molecule is Cc1ccc(S(=O)(=O)N[C@H](CO)Cc2ccccc2)cc1C. The van der Waals surface area contributed by atoms with E-state index in [-0.39, 0.29) is 11.5 Å². The van der Waals surface area contributed by atoms with Gasteiger partial charge in [0, 0.05) is 6.04 Å². The van der Waals surface area contributed by atoms with Gasteiger partial charge in [-0.1, -0.05) is 36.4 Å². The third kappa shape index (κ3) is 4.16. The Balaban J connectivity index is 2.16. The van der Waals surface area contributed by atoms with Crippen molar-refractivity contribution in [3.05, 3.63) is 65.2 Å². The van der Waals surface area contributed by atoms with Crippen LogP contribution in [0.15, 0.2) is 53.4 Å². The Morgan fingerprint density at radius 2 is 1.73 bits per heavy atom. The molecule has 0 unspecified atom stereocenters. The molecule has 1 atom stereocenters. The molecule has 0 heterocycles. The van der Waals surface area contributed by atoms with Crippen molar-refractivity contribution in [1.29, 1.82) is 0 Å². The van der Waals surface area contributed by atoms with Gasteiger partial charge in [-0.3, -0.25) is 0 Å². The molecular formula is C17H21NO3S. The fraction of sp³-hybridized carbons (Fsp3) is 0.294. The van der Waals surface area contributed by atoms with Gasteiger partial charge in [-0.15, -0.1) is 0 Å². The van der Waals surface area contributed by atoms with Gasteiger partial charge in [0.15, 0.2) is 0 Å². The predicted molar refractivity (Wildman–Crippen MR) is 87.3 cm³/mol. The number of sulfonamides is 1. The van der Waals surface area contributed by atoms with Gasteiger partial charge in [-0.2, -0.15) is 0 Å². The molecular weight excluding hydrogens is 298 g/mol. The third-order valence-electron chi connectivity index (χ3n) is 3.66. The van der Waals surface area contributed by atoms with Crippen molar-refractivity contribution in [2.24, 2.45) is 0 Å². The minimum Gasteiger partial charge on any atom is -0.395 e. The smallest absolute Gasteiger partial charge is 0.240 e. The molecule has 0 aliphatic heterocycles. The maximum absolute atomic E-state index is 12.4. The van der Waals surface area contributed by atoms with E-state index >= 15 is 0 Å². The Morgan fingerprint density at radius 3 is 2.32 bits per heavy atom. The Labute approximate surface area is 131 Å². The number of aliphatic hydroxyl groups excluding tert-OH is 1. The molecule has 0 saturated heterocycles. The first-order chi connectivity index (χ1) is 10.4. The minimum atomic E-state index is -3.64. The molecule has 0 aromatic heterocycles. The van der Waals surface area contributed by atoms with E-state index in [4.69, 9.17) is 0 Å². The molecule has 22 heavy (non-hydrogen) atoms. The quantitative estimate of drug-likeness (QED) is 0.858. The molecule has 0 saturated carbocycles. The van der Waals surface area contributed by atoms with Crippen molar-refractivity contribution in [3.8, 4) is 0 Å². The summed E-state index contributed by atoms with van der Waals surface area (Å²) in [4.78, 5) is 0.224. The highest BCUT2D eigenvalue weighted by Crippen LogP contribution is 2.15. The summed E-state index contributed by atoms with van der Waals surface area (Å²) in [5.74, 6) is 0. The lowest BCUT2D eigenvalue weighted by molar-refractivity contribution is 0.256. The fourth-order valence-corrected chi connectivity index (χ4v) is 3.52. The van der Waals surface area contributed by atoms with Crippen LogP contribution in [0.25, 0.3) is 0 Å². The van der Waals surface area contributed by atoms with Gasteiger partial charge in [-0.25, -0.2) is 13.1 Å². The molecule has 4 nitrogen and oxygen atoms in total. The molecule has 5 heteroatoms. The normalized spacial score (nSPS) is 13.0. The number of rotatable bonds is 6. The number of hydrogen-bond donors (Lipinski definition) is 2. The van der Waals surface area contributed by atoms with Crippen molar-refractivity contribution in [2.75, 3.05) is 6.61 Å². The molecule has 2 aromatic carbocycles. The molecule has 0 amide bonds. The first kappa shape index (κ1) is 16.7. The van der Waals surface area contributed by atoms with Gasteiger partial charge in [0.05, 0.1) is 11.5 Å². The van der Waals surface area contributed by atoms with Gasteiger partial charge in [-0.05, 0) is 49.1 Å². The van der Waals surface area contributed by atoms with Gasteiger partial charge >= 0.3 is 0 Å². The van der Waals surface area contributed by atoms with E-state index in [1.165, 1.54) is 0 Å². The second-order valence-corrected chi connectivity index (χ2v) is 7.15. The van der Waals surface area contributed by atoms with Crippen LogP contribution in [-0.2, 0) is 16.4 Å². The standard InChI is InChI=1S/C17H21NO3S/c1-13-8-9-17(10-14(13)2)22(20,21)18-16(12-19)11-15-6-4-3-5-7-15/h3-10,16,18-19H,11-12H2,1-2H3/t16-/m0/s1. The highest BCUT2D eigenvalue weighted by Gasteiger charge is 2.20. The second kappa shape index (κ2) is 7.05. The highest BCUT2D eigenvalue weighted by molar-refractivity contribution is 7.89. The van der Waals surface area contributed by atoms with Crippen LogP contribution >= 0.6 is 0 Å². The number of hydrogen-bond acceptors (Lipinski definition) is 3. The summed E-state index contributed by atoms with van der Waals surface area (Å²) in [5.41, 5.74) is 2.94. The molecule has 0 radical (unpaired) electrons. The fourth-order valence-electron chi connectivity index (χ4n) is 2.21. The molecule has 2 aromatic rings. The summed E-state index contributed by atoms with van der Waals surface area (Å²) < 4.78 is 27.4. The Morgan fingerprint density at radius 1 is 1.05 bits per heavy atom. The molecule has 0 spiro atoms. The number of aliphatic hydroxyl groups is 1. The lowest BCUT2D eigenvalue weighted by atomic mass is 10.1. The van der Waals surface area contributed by atoms with E-state index in [0.717, 1.165) is 16.7 Å². The number of benzene rings is 2. The van der Waals surface area contributed by atoms with E-state index in [1.54, 1.807) is 18.2 Å². The van der Waals surface area contributed by atoms with Crippen molar-refractivity contribution in [3.63, 3.8) is 0 Å². The maximum Gasteiger partial charge on any atom is 0.240 e. The van der Waals surface area contributed by atoms with E-state index in [1.807, 2.05) is 44.2 Å². The van der Waals surface area contributed by atoms with Crippen molar-refractivity contribution in [1.82, 2.24) is 4.72 Å². The minimum absolute atomic E-state index is 0.224.